The van der Waals surface area contributed by atoms with Crippen molar-refractivity contribution >= 4 is 5.78 Å². The maximum atomic E-state index is 11.2. The number of rotatable bonds is 2. The number of likely N-dealkylation sites (tertiary alicyclic amines) is 1. The Bertz CT molecular complexity index is 203. The minimum Gasteiger partial charge on any atom is -0.381 e. The van der Waals surface area contributed by atoms with Crippen molar-refractivity contribution < 1.29 is 9.90 Å². The van der Waals surface area contributed by atoms with E-state index in [1.165, 1.54) is 6.92 Å². The van der Waals surface area contributed by atoms with Crippen LogP contribution in [0.25, 0.3) is 0 Å². The van der Waals surface area contributed by atoms with E-state index in [9.17, 15) is 9.90 Å². The highest BCUT2D eigenvalue weighted by Gasteiger charge is 2.37. The molecule has 1 aliphatic heterocycles. The molecule has 1 aliphatic rings. The molecule has 1 unspecified atom stereocenters. The SMILES string of the molecule is CC(=O)C1(O)CCCN(C(C)C)C1. The van der Waals surface area contributed by atoms with Gasteiger partial charge in [0.1, 0.15) is 5.60 Å². The number of ketones is 1. The Labute approximate surface area is 79.7 Å². The van der Waals surface area contributed by atoms with Gasteiger partial charge in [-0.15, -0.1) is 0 Å². The predicted octanol–water partition coefficient (Wildman–Crippen LogP) is 0.811. The number of carbonyl (C=O) groups is 1. The molecule has 13 heavy (non-hydrogen) atoms. The first-order chi connectivity index (χ1) is 5.96. The van der Waals surface area contributed by atoms with Gasteiger partial charge in [0.25, 0.3) is 0 Å². The summed E-state index contributed by atoms with van der Waals surface area (Å²) in [6.07, 6.45) is 1.53. The van der Waals surface area contributed by atoms with E-state index in [4.69, 9.17) is 0 Å². The van der Waals surface area contributed by atoms with E-state index in [0.29, 0.717) is 19.0 Å². The molecule has 0 aromatic carbocycles. The van der Waals surface area contributed by atoms with Crippen LogP contribution in [0.1, 0.15) is 33.6 Å². The van der Waals surface area contributed by atoms with Crippen molar-refractivity contribution in [1.82, 2.24) is 4.90 Å². The molecule has 0 aliphatic carbocycles. The molecule has 1 atom stereocenters. The Balaban J connectivity index is 2.65. The van der Waals surface area contributed by atoms with Crippen molar-refractivity contribution in [1.29, 1.82) is 0 Å². The van der Waals surface area contributed by atoms with Crippen LogP contribution in [0.2, 0.25) is 0 Å². The molecule has 1 fully saturated rings. The van der Waals surface area contributed by atoms with E-state index >= 15 is 0 Å². The summed E-state index contributed by atoms with van der Waals surface area (Å²) in [5, 5.41) is 9.98. The highest BCUT2D eigenvalue weighted by molar-refractivity contribution is 5.85. The fraction of sp³-hybridized carbons (Fsp3) is 0.900. The Morgan fingerprint density at radius 2 is 2.15 bits per heavy atom. The topological polar surface area (TPSA) is 40.5 Å². The van der Waals surface area contributed by atoms with Gasteiger partial charge in [-0.2, -0.15) is 0 Å². The van der Waals surface area contributed by atoms with Crippen molar-refractivity contribution in [3.8, 4) is 0 Å². The molecule has 1 rings (SSSR count). The summed E-state index contributed by atoms with van der Waals surface area (Å²) < 4.78 is 0. The first-order valence-corrected chi connectivity index (χ1v) is 4.93. The Kier molecular flexibility index (Phi) is 3.09. The number of nitrogens with zero attached hydrogens (tertiary/aromatic N) is 1. The van der Waals surface area contributed by atoms with E-state index in [0.717, 1.165) is 13.0 Å². The molecule has 0 aromatic heterocycles. The van der Waals surface area contributed by atoms with Gasteiger partial charge in [0.15, 0.2) is 5.78 Å². The third-order valence-electron chi connectivity index (χ3n) is 2.89. The third-order valence-corrected chi connectivity index (χ3v) is 2.89. The van der Waals surface area contributed by atoms with Gasteiger partial charge in [0.05, 0.1) is 0 Å². The lowest BCUT2D eigenvalue weighted by Gasteiger charge is -2.39. The van der Waals surface area contributed by atoms with Crippen LogP contribution in [-0.4, -0.2) is 40.5 Å². The number of Topliss-reactive ketones (excluding diaryl/α,β-unsaturated/α-hetero) is 1. The van der Waals surface area contributed by atoms with Crippen LogP contribution in [0.5, 0.6) is 0 Å². The standard InChI is InChI=1S/C10H19NO2/c1-8(2)11-6-4-5-10(13,7-11)9(3)12/h8,13H,4-7H2,1-3H3. The molecule has 0 aromatic rings. The molecule has 0 bridgehead atoms. The smallest absolute Gasteiger partial charge is 0.162 e. The fourth-order valence-corrected chi connectivity index (χ4v) is 1.80. The van der Waals surface area contributed by atoms with Gasteiger partial charge >= 0.3 is 0 Å². The van der Waals surface area contributed by atoms with Gasteiger partial charge < -0.3 is 5.11 Å². The van der Waals surface area contributed by atoms with Crippen LogP contribution in [0.15, 0.2) is 0 Å². The average molecular weight is 185 g/mol. The number of aliphatic hydroxyl groups is 1. The first-order valence-electron chi connectivity index (χ1n) is 4.93. The average Bonchev–Trinajstić information content (AvgIpc) is 2.04. The fourth-order valence-electron chi connectivity index (χ4n) is 1.80. The van der Waals surface area contributed by atoms with Crippen LogP contribution in [0, 0.1) is 0 Å². The molecule has 3 nitrogen and oxygen atoms in total. The van der Waals surface area contributed by atoms with Crippen LogP contribution in [0.4, 0.5) is 0 Å². The quantitative estimate of drug-likeness (QED) is 0.692. The molecule has 0 spiro atoms. The molecule has 3 heteroatoms. The summed E-state index contributed by atoms with van der Waals surface area (Å²) >= 11 is 0. The summed E-state index contributed by atoms with van der Waals surface area (Å²) in [5.41, 5.74) is -1.08. The van der Waals surface area contributed by atoms with E-state index in [2.05, 4.69) is 18.7 Å². The van der Waals surface area contributed by atoms with Crippen molar-refractivity contribution in [3.05, 3.63) is 0 Å². The summed E-state index contributed by atoms with van der Waals surface area (Å²) in [7, 11) is 0. The molecule has 1 heterocycles. The summed E-state index contributed by atoms with van der Waals surface area (Å²) in [6.45, 7) is 7.15. The second-order valence-electron chi connectivity index (χ2n) is 4.26. The van der Waals surface area contributed by atoms with Crippen LogP contribution in [0.3, 0.4) is 0 Å². The van der Waals surface area contributed by atoms with Crippen LogP contribution < -0.4 is 0 Å². The minimum absolute atomic E-state index is 0.0992. The molecule has 1 saturated heterocycles. The van der Waals surface area contributed by atoms with E-state index in [-0.39, 0.29) is 5.78 Å². The summed E-state index contributed by atoms with van der Waals surface area (Å²) in [5.74, 6) is -0.0992. The lowest BCUT2D eigenvalue weighted by atomic mass is 9.89. The summed E-state index contributed by atoms with van der Waals surface area (Å²) in [4.78, 5) is 13.4. The lowest BCUT2D eigenvalue weighted by Crippen LogP contribution is -2.54. The monoisotopic (exact) mass is 185 g/mol. The molecular formula is C10H19NO2. The predicted molar refractivity (Wildman–Crippen MR) is 51.6 cm³/mol. The first kappa shape index (κ1) is 10.7. The maximum absolute atomic E-state index is 11.2. The number of hydrogen-bond donors (Lipinski definition) is 1. The van der Waals surface area contributed by atoms with Crippen molar-refractivity contribution in [2.24, 2.45) is 0 Å². The van der Waals surface area contributed by atoms with Crippen molar-refractivity contribution in [3.63, 3.8) is 0 Å². The van der Waals surface area contributed by atoms with Gasteiger partial charge in [-0.3, -0.25) is 9.69 Å². The van der Waals surface area contributed by atoms with E-state index < -0.39 is 5.60 Å². The Morgan fingerprint density at radius 3 is 2.62 bits per heavy atom. The summed E-state index contributed by atoms with van der Waals surface area (Å²) in [6, 6.07) is 0.408. The normalized spacial score (nSPS) is 30.8. The lowest BCUT2D eigenvalue weighted by molar-refractivity contribution is -0.141. The van der Waals surface area contributed by atoms with E-state index in [1.807, 2.05) is 0 Å². The van der Waals surface area contributed by atoms with Gasteiger partial charge in [0, 0.05) is 12.6 Å². The molecule has 0 saturated carbocycles. The van der Waals surface area contributed by atoms with Crippen LogP contribution >= 0.6 is 0 Å². The highest BCUT2D eigenvalue weighted by atomic mass is 16.3. The van der Waals surface area contributed by atoms with Gasteiger partial charge in [-0.1, -0.05) is 0 Å². The third kappa shape index (κ3) is 2.29. The molecule has 76 valence electrons. The Hall–Kier alpha value is -0.410. The molecule has 0 amide bonds. The zero-order valence-corrected chi connectivity index (χ0v) is 8.71. The van der Waals surface area contributed by atoms with E-state index in [1.54, 1.807) is 0 Å². The van der Waals surface area contributed by atoms with Gasteiger partial charge in [0.2, 0.25) is 0 Å². The largest absolute Gasteiger partial charge is 0.381 e. The second kappa shape index (κ2) is 3.76. The van der Waals surface area contributed by atoms with Gasteiger partial charge in [-0.25, -0.2) is 0 Å². The second-order valence-corrected chi connectivity index (χ2v) is 4.26. The minimum atomic E-state index is -1.08. The maximum Gasteiger partial charge on any atom is 0.162 e. The van der Waals surface area contributed by atoms with Gasteiger partial charge in [-0.05, 0) is 40.2 Å². The highest BCUT2D eigenvalue weighted by Crippen LogP contribution is 2.23. The zero-order valence-electron chi connectivity index (χ0n) is 8.71. The Morgan fingerprint density at radius 1 is 1.54 bits per heavy atom. The zero-order chi connectivity index (χ0) is 10.1. The molecular weight excluding hydrogens is 166 g/mol. The number of carbonyl (C=O) groups excluding carboxylic acids is 1. The molecule has 0 radical (unpaired) electrons. The number of hydrogen-bond acceptors (Lipinski definition) is 3. The number of β-amino-alcohol motifs (C(OH)–C–C–N with tert-alkyl or cyclic N) is 1. The van der Waals surface area contributed by atoms with Crippen molar-refractivity contribution in [2.75, 3.05) is 13.1 Å². The van der Waals surface area contributed by atoms with Crippen molar-refractivity contribution in [2.45, 2.75) is 45.3 Å². The number of piperidine rings is 1. The van der Waals surface area contributed by atoms with Crippen LogP contribution in [-0.2, 0) is 4.79 Å². The molecule has 1 N–H and O–H groups in total.